The van der Waals surface area contributed by atoms with Gasteiger partial charge in [0.1, 0.15) is 0 Å². The van der Waals surface area contributed by atoms with Crippen molar-refractivity contribution in [2.45, 2.75) is 0 Å². The predicted molar refractivity (Wildman–Crippen MR) is 64.6 cm³/mol. The van der Waals surface area contributed by atoms with Crippen molar-refractivity contribution in [1.29, 1.82) is 0 Å². The lowest BCUT2D eigenvalue weighted by molar-refractivity contribution is -0.112. The van der Waals surface area contributed by atoms with Crippen molar-refractivity contribution in [3.8, 4) is 0 Å². The van der Waals surface area contributed by atoms with Gasteiger partial charge in [0.2, 0.25) is 0 Å². The Kier molecular flexibility index (Phi) is 1.88. The largest absolute Gasteiger partial charge is 0.318 e. The number of Topliss-reactive ketones (excluding diaryl/α,β-unsaturated/α-hetero) is 1. The van der Waals surface area contributed by atoms with Crippen LogP contribution in [-0.4, -0.2) is 11.7 Å². The Morgan fingerprint density at radius 1 is 1.06 bits per heavy atom. The highest BCUT2D eigenvalue weighted by atomic mass is 79.9. The number of hydrogen-bond donors (Lipinski definition) is 1. The number of hydrogen-bond acceptors (Lipinski definition) is 2. The normalized spacial score (nSPS) is 14.1. The van der Waals surface area contributed by atoms with E-state index in [1.165, 1.54) is 0 Å². The molecule has 0 saturated heterocycles. The van der Waals surface area contributed by atoms with Gasteiger partial charge in [-0.05, 0) is 11.5 Å². The minimum atomic E-state index is -0.557. The van der Waals surface area contributed by atoms with Crippen LogP contribution in [-0.2, 0) is 4.79 Å². The number of nitrogens with one attached hydrogen (secondary N) is 1. The molecule has 0 aliphatic carbocycles. The Hall–Kier alpha value is -1.68. The number of carbonyl (C=O) groups excluding carboxylic acids is 2. The third kappa shape index (κ3) is 1.13. The lowest BCUT2D eigenvalue weighted by Gasteiger charge is -2.05. The first-order valence-electron chi connectivity index (χ1n) is 4.75. The van der Waals surface area contributed by atoms with Crippen LogP contribution in [0.2, 0.25) is 0 Å². The van der Waals surface area contributed by atoms with Crippen molar-refractivity contribution in [3.63, 3.8) is 0 Å². The molecule has 0 aromatic heterocycles. The second-order valence-electron chi connectivity index (χ2n) is 3.61. The summed E-state index contributed by atoms with van der Waals surface area (Å²) >= 11 is 3.41. The average Bonchev–Trinajstić information content (AvgIpc) is 2.57. The molecule has 2 aromatic carbocycles. The second-order valence-corrected chi connectivity index (χ2v) is 4.46. The van der Waals surface area contributed by atoms with Crippen molar-refractivity contribution in [2.75, 3.05) is 5.32 Å². The number of rotatable bonds is 0. The molecule has 1 aliphatic rings. The Morgan fingerprint density at radius 2 is 1.75 bits per heavy atom. The van der Waals surface area contributed by atoms with Crippen LogP contribution in [0.3, 0.4) is 0 Å². The van der Waals surface area contributed by atoms with E-state index in [0.29, 0.717) is 11.3 Å². The van der Waals surface area contributed by atoms with Crippen LogP contribution >= 0.6 is 15.9 Å². The molecule has 3 nitrogen and oxygen atoms in total. The summed E-state index contributed by atoms with van der Waals surface area (Å²) in [6.07, 6.45) is 0. The number of halogens is 1. The Balaban J connectivity index is 2.47. The van der Waals surface area contributed by atoms with Gasteiger partial charge in [-0.25, -0.2) is 0 Å². The summed E-state index contributed by atoms with van der Waals surface area (Å²) in [6.45, 7) is 0. The Labute approximate surface area is 99.6 Å². The maximum absolute atomic E-state index is 11.6. The first kappa shape index (κ1) is 9.54. The minimum Gasteiger partial charge on any atom is -0.318 e. The number of amides is 1. The molecule has 0 saturated carbocycles. The summed E-state index contributed by atoms with van der Waals surface area (Å²) in [4.78, 5) is 22.9. The molecule has 1 amide bonds. The highest BCUT2D eigenvalue weighted by Crippen LogP contribution is 2.36. The number of anilines is 1. The second kappa shape index (κ2) is 3.15. The summed E-state index contributed by atoms with van der Waals surface area (Å²) in [6, 6.07) is 9.31. The summed E-state index contributed by atoms with van der Waals surface area (Å²) in [5.74, 6) is -1.03. The SMILES string of the molecule is O=C1Nc2c(cc(Br)c3ccccc23)C1=O. The molecule has 1 heterocycles. The van der Waals surface area contributed by atoms with Gasteiger partial charge in [-0.1, -0.05) is 40.2 Å². The number of carbonyl (C=O) groups is 2. The molecule has 0 spiro atoms. The van der Waals surface area contributed by atoms with E-state index in [2.05, 4.69) is 21.2 Å². The van der Waals surface area contributed by atoms with Crippen molar-refractivity contribution in [3.05, 3.63) is 40.4 Å². The zero-order valence-corrected chi connectivity index (χ0v) is 9.67. The first-order valence-corrected chi connectivity index (χ1v) is 5.54. The predicted octanol–water partition coefficient (Wildman–Crippen LogP) is 2.74. The molecule has 0 unspecified atom stereocenters. The molecule has 0 bridgehead atoms. The van der Waals surface area contributed by atoms with Crippen molar-refractivity contribution in [2.24, 2.45) is 0 Å². The molecular weight excluding hydrogens is 270 g/mol. The smallest absolute Gasteiger partial charge is 0.296 e. The van der Waals surface area contributed by atoms with E-state index >= 15 is 0 Å². The van der Waals surface area contributed by atoms with Gasteiger partial charge < -0.3 is 5.32 Å². The van der Waals surface area contributed by atoms with Gasteiger partial charge in [-0.2, -0.15) is 0 Å². The first-order chi connectivity index (χ1) is 7.68. The van der Waals surface area contributed by atoms with Gasteiger partial charge in [-0.3, -0.25) is 9.59 Å². The van der Waals surface area contributed by atoms with Crippen LogP contribution in [0.15, 0.2) is 34.8 Å². The maximum Gasteiger partial charge on any atom is 0.296 e. The van der Waals surface area contributed by atoms with Gasteiger partial charge in [0.05, 0.1) is 11.3 Å². The highest BCUT2D eigenvalue weighted by molar-refractivity contribution is 9.10. The molecule has 78 valence electrons. The minimum absolute atomic E-state index is 0.440. The molecule has 4 heteroatoms. The molecule has 0 fully saturated rings. The van der Waals surface area contributed by atoms with Crippen LogP contribution in [0.4, 0.5) is 5.69 Å². The third-order valence-electron chi connectivity index (χ3n) is 2.68. The molecule has 2 aromatic rings. The maximum atomic E-state index is 11.6. The van der Waals surface area contributed by atoms with Gasteiger partial charge in [0.25, 0.3) is 11.7 Å². The lowest BCUT2D eigenvalue weighted by Crippen LogP contribution is -2.12. The van der Waals surface area contributed by atoms with Crippen molar-refractivity contribution < 1.29 is 9.59 Å². The number of fused-ring (bicyclic) bond motifs is 3. The molecule has 1 N–H and O–H groups in total. The molecule has 1 aliphatic heterocycles. The van der Waals surface area contributed by atoms with E-state index in [9.17, 15) is 9.59 Å². The van der Waals surface area contributed by atoms with E-state index in [4.69, 9.17) is 0 Å². The Bertz CT molecular complexity index is 649. The lowest BCUT2D eigenvalue weighted by atomic mass is 10.0. The van der Waals surface area contributed by atoms with Gasteiger partial charge >= 0.3 is 0 Å². The van der Waals surface area contributed by atoms with Gasteiger partial charge in [0, 0.05) is 9.86 Å². The van der Waals surface area contributed by atoms with Crippen LogP contribution < -0.4 is 5.32 Å². The summed E-state index contributed by atoms with van der Waals surface area (Å²) < 4.78 is 0.826. The highest BCUT2D eigenvalue weighted by Gasteiger charge is 2.29. The fourth-order valence-corrected chi connectivity index (χ4v) is 2.51. The van der Waals surface area contributed by atoms with E-state index in [0.717, 1.165) is 15.2 Å². The zero-order valence-electron chi connectivity index (χ0n) is 8.08. The summed E-state index contributed by atoms with van der Waals surface area (Å²) in [5.41, 5.74) is 1.06. The standard InChI is InChI=1S/C12H6BrNO2/c13-9-5-8-10(14-12(16)11(8)15)7-4-2-1-3-6(7)9/h1-5H,(H,14,15,16). The Morgan fingerprint density at radius 3 is 2.50 bits per heavy atom. The number of ketones is 1. The van der Waals surface area contributed by atoms with Crippen LogP contribution in [0.25, 0.3) is 10.8 Å². The van der Waals surface area contributed by atoms with E-state index < -0.39 is 11.7 Å². The van der Waals surface area contributed by atoms with Gasteiger partial charge in [0.15, 0.2) is 0 Å². The topological polar surface area (TPSA) is 46.2 Å². The van der Waals surface area contributed by atoms with Crippen LogP contribution in [0, 0.1) is 0 Å². The van der Waals surface area contributed by atoms with Crippen LogP contribution in [0.5, 0.6) is 0 Å². The van der Waals surface area contributed by atoms with E-state index in [1.807, 2.05) is 24.3 Å². The molecule has 16 heavy (non-hydrogen) atoms. The van der Waals surface area contributed by atoms with Gasteiger partial charge in [-0.15, -0.1) is 0 Å². The molecule has 0 atom stereocenters. The fraction of sp³-hybridized carbons (Fsp3) is 0. The summed E-state index contributed by atoms with van der Waals surface area (Å²) in [5, 5.41) is 4.47. The van der Waals surface area contributed by atoms with E-state index in [-0.39, 0.29) is 0 Å². The van der Waals surface area contributed by atoms with Crippen molar-refractivity contribution in [1.82, 2.24) is 0 Å². The average molecular weight is 276 g/mol. The van der Waals surface area contributed by atoms with E-state index in [1.54, 1.807) is 6.07 Å². The van der Waals surface area contributed by atoms with Crippen molar-refractivity contribution >= 4 is 44.1 Å². The van der Waals surface area contributed by atoms with Crippen LogP contribution in [0.1, 0.15) is 10.4 Å². The molecule has 3 rings (SSSR count). The molecular formula is C12H6BrNO2. The quantitative estimate of drug-likeness (QED) is 0.752. The monoisotopic (exact) mass is 275 g/mol. The molecule has 0 radical (unpaired) electrons. The summed E-state index contributed by atoms with van der Waals surface area (Å²) in [7, 11) is 0. The number of benzene rings is 2. The fourth-order valence-electron chi connectivity index (χ4n) is 1.94. The zero-order chi connectivity index (χ0) is 11.3. The third-order valence-corrected chi connectivity index (χ3v) is 3.34.